The number of nitrogens with zero attached hydrogens (tertiary/aromatic N) is 3. The fraction of sp³-hybridized carbons (Fsp3) is 0.250. The quantitative estimate of drug-likeness (QED) is 0.154. The first kappa shape index (κ1) is 29.5. The molecule has 0 radical (unpaired) electrons. The molecule has 1 saturated heterocycles. The number of benzene rings is 1. The average Bonchev–Trinajstić information content (AvgIpc) is 3.01. The molecule has 14 nitrogen and oxygen atoms in total. The number of hydrogen-bond acceptors (Lipinski definition) is 11. The summed E-state index contributed by atoms with van der Waals surface area (Å²) in [5, 5.41) is 24.8. The van der Waals surface area contributed by atoms with E-state index in [1.165, 1.54) is 20.2 Å². The summed E-state index contributed by atoms with van der Waals surface area (Å²) in [4.78, 5) is 73.2. The monoisotopic (exact) mass is 607 g/mol. The standard InChI is InChI=1S/C28H25N5O9S/c1-14(34)42-12-16-13-43-27-28(41-2,26(40)33(27)21(16)25(38)39)32-24(37)19(15-7-4-3-5-8-15)31-23(36)17-11-30-18-9-6-10-29-20(18)22(17)35/h3-11,19,27H,12-13H2,1-2H3,(H,30,35)(H,31,36)(H,32,37)(H,38,39)/t19?,27-,28-/m0/s1. The second-order valence-corrected chi connectivity index (χ2v) is 10.6. The van der Waals surface area contributed by atoms with Crippen LogP contribution < -0.4 is 10.6 Å². The summed E-state index contributed by atoms with van der Waals surface area (Å²) in [5.41, 5.74) is -1.55. The first-order valence-electron chi connectivity index (χ1n) is 12.8. The van der Waals surface area contributed by atoms with Crippen LogP contribution in [0.1, 0.15) is 28.9 Å². The molecule has 43 heavy (non-hydrogen) atoms. The van der Waals surface area contributed by atoms with Gasteiger partial charge in [-0.3, -0.25) is 34.0 Å². The Morgan fingerprint density at radius 2 is 1.91 bits per heavy atom. The number of pyridine rings is 2. The Labute approximate surface area is 248 Å². The van der Waals surface area contributed by atoms with Gasteiger partial charge in [-0.15, -0.1) is 11.8 Å². The molecule has 2 aliphatic heterocycles. The van der Waals surface area contributed by atoms with Crippen molar-refractivity contribution in [1.82, 2.24) is 25.5 Å². The summed E-state index contributed by atoms with van der Waals surface area (Å²) in [6.07, 6.45) is 2.59. The van der Waals surface area contributed by atoms with Crippen molar-refractivity contribution >= 4 is 52.5 Å². The summed E-state index contributed by atoms with van der Waals surface area (Å²) in [5.74, 6) is -4.92. The number of carboxylic acid groups (broad SMARTS) is 1. The molecule has 15 heteroatoms. The molecule has 3 atom stereocenters. The summed E-state index contributed by atoms with van der Waals surface area (Å²) in [6, 6.07) is 10.0. The van der Waals surface area contributed by atoms with Crippen molar-refractivity contribution in [3.8, 4) is 5.75 Å². The zero-order valence-electron chi connectivity index (χ0n) is 22.8. The summed E-state index contributed by atoms with van der Waals surface area (Å²) < 4.78 is 10.5. The van der Waals surface area contributed by atoms with Crippen LogP contribution in [0.2, 0.25) is 0 Å². The molecule has 0 aliphatic carbocycles. The smallest absolute Gasteiger partial charge is 0.352 e. The van der Waals surface area contributed by atoms with Crippen LogP contribution in [-0.4, -0.2) is 85.3 Å². The Morgan fingerprint density at radius 3 is 2.58 bits per heavy atom. The van der Waals surface area contributed by atoms with Crippen LogP contribution in [0.4, 0.5) is 0 Å². The Hall–Kier alpha value is -5.02. The number of thioether (sulfide) groups is 1. The molecule has 5 rings (SSSR count). The number of fused-ring (bicyclic) bond motifs is 2. The summed E-state index contributed by atoms with van der Waals surface area (Å²) in [7, 11) is 1.19. The summed E-state index contributed by atoms with van der Waals surface area (Å²) >= 11 is 1.11. The van der Waals surface area contributed by atoms with Gasteiger partial charge in [0.25, 0.3) is 17.5 Å². The minimum absolute atomic E-state index is 0.0749. The van der Waals surface area contributed by atoms with Crippen LogP contribution in [-0.2, 0) is 28.7 Å². The molecule has 2 aromatic heterocycles. The maximum atomic E-state index is 13.8. The van der Waals surface area contributed by atoms with E-state index in [0.717, 1.165) is 22.9 Å². The van der Waals surface area contributed by atoms with E-state index in [1.807, 2.05) is 0 Å². The molecule has 4 N–H and O–H groups in total. The van der Waals surface area contributed by atoms with Crippen molar-refractivity contribution in [2.24, 2.45) is 0 Å². The van der Waals surface area contributed by atoms with Crippen molar-refractivity contribution in [1.29, 1.82) is 0 Å². The number of β-lactam (4-membered cyclic amide) rings is 1. The Bertz CT molecular complexity index is 1680. The van der Waals surface area contributed by atoms with Crippen LogP contribution in [0.5, 0.6) is 5.75 Å². The highest BCUT2D eigenvalue weighted by atomic mass is 32.2. The normalized spacial score (nSPS) is 20.1. The molecule has 0 saturated carbocycles. The molecular weight excluding hydrogens is 582 g/mol. The van der Waals surface area contributed by atoms with Crippen LogP contribution in [0.15, 0.2) is 66.1 Å². The fourth-order valence-corrected chi connectivity index (χ4v) is 6.25. The van der Waals surface area contributed by atoms with Gasteiger partial charge in [-0.05, 0) is 17.7 Å². The topological polar surface area (TPSA) is 197 Å². The van der Waals surface area contributed by atoms with Gasteiger partial charge in [0, 0.05) is 37.8 Å². The van der Waals surface area contributed by atoms with Gasteiger partial charge in [-0.25, -0.2) is 4.79 Å². The number of nitrogens with one attached hydrogen (secondary N) is 2. The van der Waals surface area contributed by atoms with Crippen LogP contribution in [0.25, 0.3) is 11.0 Å². The van der Waals surface area contributed by atoms with Crippen molar-refractivity contribution in [2.45, 2.75) is 24.1 Å². The van der Waals surface area contributed by atoms with Gasteiger partial charge < -0.3 is 30.3 Å². The SMILES string of the molecule is CO[C@@]1(NC(=O)C(NC(=O)c2cnc3cccnc3c2O)c2ccccc2)C(=O)N2C(C(=O)O)=C(COC(C)=O)CS[C@H]21. The number of aromatic nitrogens is 2. The van der Waals surface area contributed by atoms with Gasteiger partial charge in [0.2, 0.25) is 5.91 Å². The van der Waals surface area contributed by atoms with E-state index in [-0.39, 0.29) is 34.7 Å². The van der Waals surface area contributed by atoms with Crippen molar-refractivity contribution in [3.05, 3.63) is 77.3 Å². The minimum atomic E-state index is -1.97. The lowest BCUT2D eigenvalue weighted by Crippen LogP contribution is -2.81. The Morgan fingerprint density at radius 1 is 1.16 bits per heavy atom. The minimum Gasteiger partial charge on any atom is -0.505 e. The second-order valence-electron chi connectivity index (χ2n) is 9.51. The molecule has 0 spiro atoms. The Balaban J connectivity index is 1.43. The van der Waals surface area contributed by atoms with E-state index in [1.54, 1.807) is 42.5 Å². The largest absolute Gasteiger partial charge is 0.505 e. The first-order valence-corrected chi connectivity index (χ1v) is 13.8. The molecule has 3 amide bonds. The van der Waals surface area contributed by atoms with E-state index >= 15 is 0 Å². The third-order valence-electron chi connectivity index (χ3n) is 6.91. The van der Waals surface area contributed by atoms with Gasteiger partial charge in [0.1, 0.15) is 34.8 Å². The summed E-state index contributed by atoms with van der Waals surface area (Å²) in [6.45, 7) is 0.859. The second kappa shape index (κ2) is 11.7. The fourth-order valence-electron chi connectivity index (χ4n) is 4.83. The highest BCUT2D eigenvalue weighted by molar-refractivity contribution is 8.00. The van der Waals surface area contributed by atoms with Crippen molar-refractivity contribution in [3.63, 3.8) is 0 Å². The maximum absolute atomic E-state index is 13.8. The molecule has 1 fully saturated rings. The number of carboxylic acids is 1. The lowest BCUT2D eigenvalue weighted by molar-refractivity contribution is -0.193. The molecule has 2 aliphatic rings. The number of rotatable bonds is 9. The van der Waals surface area contributed by atoms with Gasteiger partial charge in [-0.1, -0.05) is 30.3 Å². The van der Waals surface area contributed by atoms with Gasteiger partial charge in [0.05, 0.1) is 5.52 Å². The lowest BCUT2D eigenvalue weighted by Gasteiger charge is -2.56. The number of carbonyl (C=O) groups is 5. The zero-order valence-corrected chi connectivity index (χ0v) is 23.6. The predicted molar refractivity (Wildman–Crippen MR) is 150 cm³/mol. The van der Waals surface area contributed by atoms with Crippen molar-refractivity contribution < 1.29 is 43.7 Å². The number of hydrogen-bond donors (Lipinski definition) is 4. The number of amides is 3. The van der Waals surface area contributed by atoms with Crippen LogP contribution in [0.3, 0.4) is 0 Å². The molecule has 222 valence electrons. The van der Waals surface area contributed by atoms with E-state index in [2.05, 4.69) is 20.6 Å². The lowest BCUT2D eigenvalue weighted by atomic mass is 9.96. The van der Waals surface area contributed by atoms with Gasteiger partial charge in [0.15, 0.2) is 5.75 Å². The highest BCUT2D eigenvalue weighted by Crippen LogP contribution is 2.47. The van der Waals surface area contributed by atoms with E-state index < -0.39 is 52.6 Å². The molecule has 0 bridgehead atoms. The van der Waals surface area contributed by atoms with Crippen molar-refractivity contribution in [2.75, 3.05) is 19.5 Å². The first-order chi connectivity index (χ1) is 20.6. The Kier molecular flexibility index (Phi) is 8.02. The molecule has 1 unspecified atom stereocenters. The van der Waals surface area contributed by atoms with Gasteiger partial charge >= 0.3 is 11.9 Å². The van der Waals surface area contributed by atoms with E-state index in [9.17, 15) is 34.2 Å². The maximum Gasteiger partial charge on any atom is 0.352 e. The predicted octanol–water partition coefficient (Wildman–Crippen LogP) is 1.08. The number of aromatic hydroxyl groups is 1. The third kappa shape index (κ3) is 5.23. The number of carbonyl (C=O) groups excluding carboxylic acids is 4. The number of ether oxygens (including phenoxy) is 2. The molecule has 4 heterocycles. The molecule has 1 aromatic carbocycles. The zero-order chi connectivity index (χ0) is 30.9. The molecular formula is C28H25N5O9S. The number of aliphatic carboxylic acids is 1. The van der Waals surface area contributed by atoms with E-state index in [4.69, 9.17) is 9.47 Å². The number of esters is 1. The average molecular weight is 608 g/mol. The van der Waals surface area contributed by atoms with Crippen LogP contribution >= 0.6 is 11.8 Å². The third-order valence-corrected chi connectivity index (χ3v) is 8.28. The van der Waals surface area contributed by atoms with Crippen LogP contribution in [0, 0.1) is 0 Å². The highest BCUT2D eigenvalue weighted by Gasteiger charge is 2.67. The van der Waals surface area contributed by atoms with E-state index in [0.29, 0.717) is 11.1 Å². The van der Waals surface area contributed by atoms with Gasteiger partial charge in [-0.2, -0.15) is 0 Å². The number of methoxy groups -OCH3 is 1. The molecule has 3 aromatic rings.